The van der Waals surface area contributed by atoms with E-state index in [1.807, 2.05) is 6.07 Å². The quantitative estimate of drug-likeness (QED) is 0.588. The van der Waals surface area contributed by atoms with Crippen molar-refractivity contribution in [1.29, 1.82) is 0 Å². The van der Waals surface area contributed by atoms with Gasteiger partial charge in [-0.25, -0.2) is 4.39 Å². The van der Waals surface area contributed by atoms with E-state index >= 15 is 0 Å². The van der Waals surface area contributed by atoms with E-state index in [2.05, 4.69) is 43.3 Å². The summed E-state index contributed by atoms with van der Waals surface area (Å²) in [6.07, 6.45) is 3.40. The minimum atomic E-state index is -0.454. The molecular formula is C23H29FO3. The number of aryl methyl sites for hydroxylation is 1. The molecule has 0 aromatic heterocycles. The van der Waals surface area contributed by atoms with Gasteiger partial charge in [-0.3, -0.25) is 0 Å². The fourth-order valence-electron chi connectivity index (χ4n) is 3.56. The highest BCUT2D eigenvalue weighted by atomic mass is 19.1. The Bertz CT molecular complexity index is 717. The number of halogens is 1. The van der Waals surface area contributed by atoms with Gasteiger partial charge in [0.25, 0.3) is 0 Å². The van der Waals surface area contributed by atoms with Gasteiger partial charge < -0.3 is 14.2 Å². The average Bonchev–Trinajstić information content (AvgIpc) is 2.68. The molecule has 1 aliphatic carbocycles. The lowest BCUT2D eigenvalue weighted by Gasteiger charge is -2.22. The van der Waals surface area contributed by atoms with Crippen LogP contribution in [-0.4, -0.2) is 39.7 Å². The van der Waals surface area contributed by atoms with Crippen molar-refractivity contribution in [3.8, 4) is 16.9 Å². The van der Waals surface area contributed by atoms with Crippen LogP contribution < -0.4 is 4.74 Å². The zero-order chi connectivity index (χ0) is 18.9. The molecule has 0 spiro atoms. The Balaban J connectivity index is 1.58. The number of benzene rings is 2. The van der Waals surface area contributed by atoms with Crippen LogP contribution in [0.4, 0.5) is 4.39 Å². The lowest BCUT2D eigenvalue weighted by atomic mass is 9.84. The predicted molar refractivity (Wildman–Crippen MR) is 106 cm³/mol. The molecule has 1 unspecified atom stereocenters. The molecule has 3 nitrogen and oxygen atoms in total. The molecule has 2 aromatic carbocycles. The molecule has 0 N–H and O–H groups in total. The van der Waals surface area contributed by atoms with Gasteiger partial charge in [-0.2, -0.15) is 0 Å². The summed E-state index contributed by atoms with van der Waals surface area (Å²) in [6, 6.07) is 15.1. The van der Waals surface area contributed by atoms with Gasteiger partial charge in [0.15, 0.2) is 0 Å². The minimum absolute atomic E-state index is 0.136. The van der Waals surface area contributed by atoms with Gasteiger partial charge in [0.1, 0.15) is 19.0 Å². The molecule has 27 heavy (non-hydrogen) atoms. The molecule has 1 aliphatic rings. The van der Waals surface area contributed by atoms with Crippen molar-refractivity contribution >= 4 is 0 Å². The van der Waals surface area contributed by atoms with Gasteiger partial charge in [0.05, 0.1) is 26.4 Å². The molecule has 2 aromatic rings. The summed E-state index contributed by atoms with van der Waals surface area (Å²) < 4.78 is 28.2. The van der Waals surface area contributed by atoms with Gasteiger partial charge in [-0.15, -0.1) is 0 Å². The Morgan fingerprint density at radius 1 is 0.889 bits per heavy atom. The summed E-state index contributed by atoms with van der Waals surface area (Å²) in [6.45, 7) is 3.88. The largest absolute Gasteiger partial charge is 0.491 e. The zero-order valence-corrected chi connectivity index (χ0v) is 16.1. The van der Waals surface area contributed by atoms with E-state index in [-0.39, 0.29) is 6.61 Å². The van der Waals surface area contributed by atoms with E-state index in [0.29, 0.717) is 32.3 Å². The van der Waals surface area contributed by atoms with Gasteiger partial charge in [-0.05, 0) is 59.6 Å². The van der Waals surface area contributed by atoms with Crippen LogP contribution in [0.3, 0.4) is 0 Å². The van der Waals surface area contributed by atoms with Crippen molar-refractivity contribution in [1.82, 2.24) is 0 Å². The standard InChI is InChI=1S/C23H29FO3/c1-18-6-7-20-17-21(27-15-14-26-13-12-25-11-10-24)8-9-23(20)22-5-3-2-4-19(22)16-18/h2-5,8-9,17-18H,6-7,10-16H2,1H3. The van der Waals surface area contributed by atoms with Crippen LogP contribution in [0, 0.1) is 5.92 Å². The van der Waals surface area contributed by atoms with Crippen molar-refractivity contribution in [2.75, 3.05) is 39.7 Å². The Hall–Kier alpha value is -1.91. The molecule has 0 saturated carbocycles. The van der Waals surface area contributed by atoms with Crippen LogP contribution >= 0.6 is 0 Å². The molecule has 0 fully saturated rings. The van der Waals surface area contributed by atoms with Crippen LogP contribution in [0.1, 0.15) is 24.5 Å². The van der Waals surface area contributed by atoms with E-state index in [1.54, 1.807) is 0 Å². The number of hydrogen-bond acceptors (Lipinski definition) is 3. The maximum atomic E-state index is 11.9. The fourth-order valence-corrected chi connectivity index (χ4v) is 3.56. The summed E-state index contributed by atoms with van der Waals surface area (Å²) in [4.78, 5) is 0. The van der Waals surface area contributed by atoms with Gasteiger partial charge in [0, 0.05) is 0 Å². The number of ether oxygens (including phenoxy) is 3. The molecule has 0 aliphatic heterocycles. The van der Waals surface area contributed by atoms with Crippen molar-refractivity contribution in [2.24, 2.45) is 5.92 Å². The maximum Gasteiger partial charge on any atom is 0.119 e. The number of hydrogen-bond donors (Lipinski definition) is 0. The summed E-state index contributed by atoms with van der Waals surface area (Å²) >= 11 is 0. The highest BCUT2D eigenvalue weighted by molar-refractivity contribution is 5.72. The second kappa shape index (κ2) is 10.4. The molecule has 1 atom stereocenters. The fraction of sp³-hybridized carbons (Fsp3) is 0.478. The van der Waals surface area contributed by atoms with Crippen LogP contribution in [0.5, 0.6) is 5.75 Å². The first-order valence-electron chi connectivity index (χ1n) is 9.83. The van der Waals surface area contributed by atoms with Crippen molar-refractivity contribution in [3.63, 3.8) is 0 Å². The first-order valence-corrected chi connectivity index (χ1v) is 9.83. The average molecular weight is 372 g/mol. The zero-order valence-electron chi connectivity index (χ0n) is 16.1. The smallest absolute Gasteiger partial charge is 0.119 e. The SMILES string of the molecule is CC1CCc2cc(OCCOCCOCCF)ccc2-c2ccccc2C1. The molecule has 0 saturated heterocycles. The molecule has 4 heteroatoms. The Kier molecular flexibility index (Phi) is 7.66. The molecule has 0 amide bonds. The summed E-state index contributed by atoms with van der Waals surface area (Å²) in [5, 5.41) is 0. The predicted octanol–water partition coefficient (Wildman–Crippen LogP) is 4.86. The van der Waals surface area contributed by atoms with Crippen LogP contribution in [-0.2, 0) is 22.3 Å². The van der Waals surface area contributed by atoms with Crippen molar-refractivity contribution < 1.29 is 18.6 Å². The first-order chi connectivity index (χ1) is 13.3. The topological polar surface area (TPSA) is 27.7 Å². The summed E-state index contributed by atoms with van der Waals surface area (Å²) in [7, 11) is 0. The monoisotopic (exact) mass is 372 g/mol. The summed E-state index contributed by atoms with van der Waals surface area (Å²) in [5.74, 6) is 1.56. The second-order valence-electron chi connectivity index (χ2n) is 7.09. The van der Waals surface area contributed by atoms with E-state index in [9.17, 15) is 4.39 Å². The van der Waals surface area contributed by atoms with Gasteiger partial charge >= 0.3 is 0 Å². The third-order valence-corrected chi connectivity index (χ3v) is 4.95. The molecule has 3 rings (SSSR count). The second-order valence-corrected chi connectivity index (χ2v) is 7.09. The van der Waals surface area contributed by atoms with E-state index in [1.165, 1.54) is 28.7 Å². The molecule has 0 bridgehead atoms. The highest BCUT2D eigenvalue weighted by Gasteiger charge is 2.17. The lowest BCUT2D eigenvalue weighted by molar-refractivity contribution is 0.0325. The Labute approximate surface area is 161 Å². The Morgan fingerprint density at radius 3 is 2.48 bits per heavy atom. The van der Waals surface area contributed by atoms with E-state index < -0.39 is 6.67 Å². The number of rotatable bonds is 9. The third-order valence-electron chi connectivity index (χ3n) is 4.95. The number of fused-ring (bicyclic) bond motifs is 3. The molecule has 0 heterocycles. The molecule has 146 valence electrons. The van der Waals surface area contributed by atoms with Crippen LogP contribution in [0.15, 0.2) is 42.5 Å². The van der Waals surface area contributed by atoms with E-state index in [0.717, 1.165) is 18.6 Å². The lowest BCUT2D eigenvalue weighted by Crippen LogP contribution is -2.12. The third kappa shape index (κ3) is 5.78. The van der Waals surface area contributed by atoms with Crippen molar-refractivity contribution in [3.05, 3.63) is 53.6 Å². The Morgan fingerprint density at radius 2 is 1.63 bits per heavy atom. The minimum Gasteiger partial charge on any atom is -0.491 e. The van der Waals surface area contributed by atoms with Gasteiger partial charge in [-0.1, -0.05) is 37.3 Å². The van der Waals surface area contributed by atoms with E-state index in [4.69, 9.17) is 14.2 Å². The highest BCUT2D eigenvalue weighted by Crippen LogP contribution is 2.35. The molecule has 0 radical (unpaired) electrons. The number of alkyl halides is 1. The maximum absolute atomic E-state index is 11.9. The van der Waals surface area contributed by atoms with Crippen molar-refractivity contribution in [2.45, 2.75) is 26.2 Å². The molecular weight excluding hydrogens is 343 g/mol. The normalized spacial score (nSPS) is 16.1. The first kappa shape index (κ1) is 19.8. The van der Waals surface area contributed by atoms with Gasteiger partial charge in [0.2, 0.25) is 0 Å². The van der Waals surface area contributed by atoms with Crippen LogP contribution in [0.2, 0.25) is 0 Å². The van der Waals surface area contributed by atoms with Crippen LogP contribution in [0.25, 0.3) is 11.1 Å². The summed E-state index contributed by atoms with van der Waals surface area (Å²) in [5.41, 5.74) is 5.46.